The highest BCUT2D eigenvalue weighted by Gasteiger charge is 2.06. The fourth-order valence-corrected chi connectivity index (χ4v) is 2.07. The Kier molecular flexibility index (Phi) is 3.61. The third kappa shape index (κ3) is 2.75. The van der Waals surface area contributed by atoms with E-state index < -0.39 is 0 Å². The van der Waals surface area contributed by atoms with Crippen molar-refractivity contribution >= 4 is 22.6 Å². The van der Waals surface area contributed by atoms with Gasteiger partial charge < -0.3 is 10.1 Å². The van der Waals surface area contributed by atoms with Crippen LogP contribution in [0.1, 0.15) is 0 Å². The Morgan fingerprint density at radius 1 is 1.24 bits per heavy atom. The normalized spacial score (nSPS) is 10.7. The molecule has 1 amide bonds. The lowest BCUT2D eigenvalue weighted by atomic mass is 10.3. The van der Waals surface area contributed by atoms with E-state index in [1.165, 1.54) is 7.11 Å². The molecule has 21 heavy (non-hydrogen) atoms. The van der Waals surface area contributed by atoms with Crippen molar-refractivity contribution in [2.75, 3.05) is 19.0 Å². The summed E-state index contributed by atoms with van der Waals surface area (Å²) in [6.45, 7) is 0.0217. The van der Waals surface area contributed by atoms with Crippen molar-refractivity contribution in [3.63, 3.8) is 0 Å². The van der Waals surface area contributed by atoms with Crippen LogP contribution in [-0.4, -0.2) is 34.2 Å². The summed E-state index contributed by atoms with van der Waals surface area (Å²) >= 11 is 0. The van der Waals surface area contributed by atoms with Crippen molar-refractivity contribution < 1.29 is 9.53 Å². The minimum atomic E-state index is -0.208. The zero-order chi connectivity index (χ0) is 14.7. The van der Waals surface area contributed by atoms with Crippen molar-refractivity contribution in [3.8, 4) is 5.82 Å². The molecule has 0 atom stereocenters. The van der Waals surface area contributed by atoms with Crippen molar-refractivity contribution in [1.29, 1.82) is 0 Å². The summed E-state index contributed by atoms with van der Waals surface area (Å²) in [5.74, 6) is 0.536. The SMILES string of the molecule is COCC(=O)Nc1ccc(-n2cnc3ccccc32)nc1. The molecule has 6 nitrogen and oxygen atoms in total. The van der Waals surface area contributed by atoms with Crippen LogP contribution < -0.4 is 5.32 Å². The van der Waals surface area contributed by atoms with Gasteiger partial charge in [0.2, 0.25) is 5.91 Å². The van der Waals surface area contributed by atoms with Crippen LogP contribution in [0.4, 0.5) is 5.69 Å². The lowest BCUT2D eigenvalue weighted by Gasteiger charge is -2.06. The number of rotatable bonds is 4. The van der Waals surface area contributed by atoms with Gasteiger partial charge in [0.15, 0.2) is 0 Å². The number of benzene rings is 1. The number of nitrogens with zero attached hydrogens (tertiary/aromatic N) is 3. The lowest BCUT2D eigenvalue weighted by Crippen LogP contribution is -2.17. The maximum absolute atomic E-state index is 11.4. The minimum absolute atomic E-state index is 0.0217. The number of amides is 1. The third-order valence-electron chi connectivity index (χ3n) is 3.01. The molecule has 3 rings (SSSR count). The molecular weight excluding hydrogens is 268 g/mol. The molecule has 0 aliphatic rings. The van der Waals surface area contributed by atoms with E-state index in [-0.39, 0.29) is 12.5 Å². The van der Waals surface area contributed by atoms with Gasteiger partial charge in [-0.25, -0.2) is 9.97 Å². The molecular formula is C15H14N4O2. The average molecular weight is 282 g/mol. The van der Waals surface area contributed by atoms with Crippen molar-refractivity contribution in [3.05, 3.63) is 48.9 Å². The largest absolute Gasteiger partial charge is 0.375 e. The van der Waals surface area contributed by atoms with Gasteiger partial charge in [-0.15, -0.1) is 0 Å². The predicted octanol–water partition coefficient (Wildman–Crippen LogP) is 2.01. The van der Waals surface area contributed by atoms with Gasteiger partial charge in [0, 0.05) is 7.11 Å². The highest BCUT2D eigenvalue weighted by molar-refractivity contribution is 5.91. The molecule has 6 heteroatoms. The number of anilines is 1. The summed E-state index contributed by atoms with van der Waals surface area (Å²) in [5.41, 5.74) is 2.53. The first-order valence-corrected chi connectivity index (χ1v) is 6.45. The number of fused-ring (bicyclic) bond motifs is 1. The van der Waals surface area contributed by atoms with Gasteiger partial charge in [0.25, 0.3) is 0 Å². The summed E-state index contributed by atoms with van der Waals surface area (Å²) < 4.78 is 6.66. The standard InChI is InChI=1S/C15H14N4O2/c1-21-9-15(20)18-11-6-7-14(16-8-11)19-10-17-12-4-2-3-5-13(12)19/h2-8,10H,9H2,1H3,(H,18,20). The highest BCUT2D eigenvalue weighted by atomic mass is 16.5. The Morgan fingerprint density at radius 2 is 2.10 bits per heavy atom. The second-order valence-corrected chi connectivity index (χ2v) is 4.49. The molecule has 2 heterocycles. The number of imidazole rings is 1. The van der Waals surface area contributed by atoms with Gasteiger partial charge in [0.05, 0.1) is 22.9 Å². The predicted molar refractivity (Wildman–Crippen MR) is 79.4 cm³/mol. The first kappa shape index (κ1) is 13.3. The molecule has 0 fully saturated rings. The van der Waals surface area contributed by atoms with Crippen LogP contribution in [-0.2, 0) is 9.53 Å². The molecule has 0 saturated heterocycles. The molecule has 0 radical (unpaired) electrons. The summed E-state index contributed by atoms with van der Waals surface area (Å²) in [6, 6.07) is 11.5. The topological polar surface area (TPSA) is 69.0 Å². The van der Waals surface area contributed by atoms with E-state index in [9.17, 15) is 4.79 Å². The van der Waals surface area contributed by atoms with Gasteiger partial charge >= 0.3 is 0 Å². The number of para-hydroxylation sites is 2. The number of ether oxygens (including phenoxy) is 1. The maximum atomic E-state index is 11.4. The quantitative estimate of drug-likeness (QED) is 0.794. The van der Waals surface area contributed by atoms with E-state index in [4.69, 9.17) is 4.74 Å². The number of carbonyl (C=O) groups is 1. The molecule has 0 unspecified atom stereocenters. The zero-order valence-corrected chi connectivity index (χ0v) is 11.5. The van der Waals surface area contributed by atoms with Crippen LogP contribution in [0, 0.1) is 0 Å². The number of hydrogen-bond acceptors (Lipinski definition) is 4. The maximum Gasteiger partial charge on any atom is 0.250 e. The highest BCUT2D eigenvalue weighted by Crippen LogP contribution is 2.17. The monoisotopic (exact) mass is 282 g/mol. The summed E-state index contributed by atoms with van der Waals surface area (Å²) in [7, 11) is 1.48. The number of aromatic nitrogens is 3. The molecule has 1 N–H and O–H groups in total. The van der Waals surface area contributed by atoms with Gasteiger partial charge in [-0.2, -0.15) is 0 Å². The van der Waals surface area contributed by atoms with E-state index in [2.05, 4.69) is 15.3 Å². The van der Waals surface area contributed by atoms with Gasteiger partial charge in [-0.3, -0.25) is 9.36 Å². The molecule has 0 saturated carbocycles. The molecule has 106 valence electrons. The second-order valence-electron chi connectivity index (χ2n) is 4.49. The molecule has 3 aromatic rings. The van der Waals surface area contributed by atoms with Gasteiger partial charge in [0.1, 0.15) is 18.8 Å². The Balaban J connectivity index is 1.85. The molecule has 0 aliphatic heterocycles. The summed E-state index contributed by atoms with van der Waals surface area (Å²) in [5, 5.41) is 2.70. The summed E-state index contributed by atoms with van der Waals surface area (Å²) in [6.07, 6.45) is 3.34. The van der Waals surface area contributed by atoms with Crippen LogP contribution in [0.2, 0.25) is 0 Å². The van der Waals surface area contributed by atoms with Gasteiger partial charge in [-0.05, 0) is 24.3 Å². The van der Waals surface area contributed by atoms with Crippen LogP contribution in [0.5, 0.6) is 0 Å². The van der Waals surface area contributed by atoms with E-state index in [0.29, 0.717) is 5.69 Å². The smallest absolute Gasteiger partial charge is 0.250 e. The fourth-order valence-electron chi connectivity index (χ4n) is 2.07. The number of methoxy groups -OCH3 is 1. The third-order valence-corrected chi connectivity index (χ3v) is 3.01. The average Bonchev–Trinajstić information content (AvgIpc) is 2.92. The van der Waals surface area contributed by atoms with Crippen LogP contribution in [0.3, 0.4) is 0 Å². The van der Waals surface area contributed by atoms with Crippen LogP contribution in [0.15, 0.2) is 48.9 Å². The fraction of sp³-hybridized carbons (Fsp3) is 0.133. The molecule has 0 spiro atoms. The van der Waals surface area contributed by atoms with E-state index in [1.807, 2.05) is 34.9 Å². The van der Waals surface area contributed by atoms with E-state index in [1.54, 1.807) is 18.6 Å². The molecule has 0 bridgehead atoms. The van der Waals surface area contributed by atoms with E-state index in [0.717, 1.165) is 16.9 Å². The van der Waals surface area contributed by atoms with Crippen molar-refractivity contribution in [2.24, 2.45) is 0 Å². The van der Waals surface area contributed by atoms with Crippen molar-refractivity contribution in [2.45, 2.75) is 0 Å². The molecule has 1 aromatic carbocycles. The zero-order valence-electron chi connectivity index (χ0n) is 11.5. The first-order valence-electron chi connectivity index (χ1n) is 6.45. The molecule has 0 aliphatic carbocycles. The number of nitrogens with one attached hydrogen (secondary N) is 1. The van der Waals surface area contributed by atoms with Crippen LogP contribution in [0.25, 0.3) is 16.9 Å². The Morgan fingerprint density at radius 3 is 2.86 bits per heavy atom. The van der Waals surface area contributed by atoms with Crippen LogP contribution >= 0.6 is 0 Å². The number of hydrogen-bond donors (Lipinski definition) is 1. The Bertz CT molecular complexity index is 765. The number of pyridine rings is 1. The lowest BCUT2D eigenvalue weighted by molar-refractivity contribution is -0.119. The first-order chi connectivity index (χ1) is 10.3. The van der Waals surface area contributed by atoms with Crippen molar-refractivity contribution in [1.82, 2.24) is 14.5 Å². The summed E-state index contributed by atoms with van der Waals surface area (Å²) in [4.78, 5) is 20.1. The minimum Gasteiger partial charge on any atom is -0.375 e. The van der Waals surface area contributed by atoms with Gasteiger partial charge in [-0.1, -0.05) is 12.1 Å². The molecule has 2 aromatic heterocycles. The second kappa shape index (κ2) is 5.72. The Hall–Kier alpha value is -2.73. The number of carbonyl (C=O) groups excluding carboxylic acids is 1. The Labute approximate surface area is 121 Å². The van der Waals surface area contributed by atoms with E-state index >= 15 is 0 Å².